The number of hydroxylamine groups is 2. The molecule has 39 heavy (non-hydrogen) atoms. The summed E-state index contributed by atoms with van der Waals surface area (Å²) in [7, 11) is 1.40. The van der Waals surface area contributed by atoms with Gasteiger partial charge in [0, 0.05) is 36.5 Å². The van der Waals surface area contributed by atoms with Crippen LogP contribution in [0.4, 0.5) is 9.18 Å². The Balaban J connectivity index is 1.37. The third-order valence-electron chi connectivity index (χ3n) is 6.93. The van der Waals surface area contributed by atoms with Crippen LogP contribution in [0.25, 0.3) is 22.3 Å². The SMILES string of the molecule is CCOC(=O)ON1CCC(NC(=O)c2c(C)[nH]c3c(-c4cc(F)c(OC)cc4OCC4CC4)ncnc23)CC1. The summed E-state index contributed by atoms with van der Waals surface area (Å²) in [5.41, 5.74) is 2.83. The first-order chi connectivity index (χ1) is 18.9. The highest BCUT2D eigenvalue weighted by molar-refractivity contribution is 6.09. The monoisotopic (exact) mass is 541 g/mol. The molecule has 0 atom stereocenters. The predicted molar refractivity (Wildman–Crippen MR) is 139 cm³/mol. The predicted octanol–water partition coefficient (Wildman–Crippen LogP) is 4.15. The number of hydrogen-bond acceptors (Lipinski definition) is 9. The maximum Gasteiger partial charge on any atom is 0.527 e. The van der Waals surface area contributed by atoms with Crippen molar-refractivity contribution in [2.75, 3.05) is 33.4 Å². The van der Waals surface area contributed by atoms with Crippen molar-refractivity contribution in [2.24, 2.45) is 5.92 Å². The van der Waals surface area contributed by atoms with Crippen molar-refractivity contribution in [3.05, 3.63) is 35.5 Å². The first-order valence-corrected chi connectivity index (χ1v) is 13.1. The number of fused-ring (bicyclic) bond motifs is 1. The zero-order valence-electron chi connectivity index (χ0n) is 22.2. The van der Waals surface area contributed by atoms with Gasteiger partial charge in [0.1, 0.15) is 23.3 Å². The molecule has 1 aliphatic heterocycles. The van der Waals surface area contributed by atoms with E-state index in [1.54, 1.807) is 13.8 Å². The lowest BCUT2D eigenvalue weighted by Crippen LogP contribution is -2.45. The number of ether oxygens (including phenoxy) is 3. The zero-order chi connectivity index (χ0) is 27.5. The Morgan fingerprint density at radius 3 is 2.62 bits per heavy atom. The minimum Gasteiger partial charge on any atom is -0.494 e. The Morgan fingerprint density at radius 1 is 1.15 bits per heavy atom. The van der Waals surface area contributed by atoms with E-state index in [1.807, 2.05) is 0 Å². The van der Waals surface area contributed by atoms with Crippen molar-refractivity contribution in [3.8, 4) is 22.8 Å². The van der Waals surface area contributed by atoms with E-state index in [2.05, 4.69) is 20.3 Å². The van der Waals surface area contributed by atoms with Gasteiger partial charge in [-0.05, 0) is 51.5 Å². The molecule has 2 aliphatic rings. The normalized spacial score (nSPS) is 16.2. The van der Waals surface area contributed by atoms with Crippen LogP contribution in [0.5, 0.6) is 11.5 Å². The highest BCUT2D eigenvalue weighted by Crippen LogP contribution is 2.39. The van der Waals surface area contributed by atoms with Crippen LogP contribution in [-0.2, 0) is 9.57 Å². The lowest BCUT2D eigenvalue weighted by molar-refractivity contribution is -0.139. The van der Waals surface area contributed by atoms with Crippen LogP contribution in [0.15, 0.2) is 18.5 Å². The van der Waals surface area contributed by atoms with E-state index in [0.717, 1.165) is 12.8 Å². The van der Waals surface area contributed by atoms with Gasteiger partial charge in [0.05, 0.1) is 31.4 Å². The van der Waals surface area contributed by atoms with E-state index in [4.69, 9.17) is 19.0 Å². The number of benzene rings is 1. The van der Waals surface area contributed by atoms with Crippen LogP contribution in [0, 0.1) is 18.7 Å². The standard InChI is InChI=1S/C27H32FN5O6/c1-4-37-27(35)39-33-9-7-17(8-10-33)32-26(34)22-15(2)31-25-23(29-14-30-24(22)25)18-11-19(28)21(36-3)12-20(18)38-13-16-5-6-16/h11-12,14,16-17,31H,4-10,13H2,1-3H3,(H,32,34). The number of H-pyrrole nitrogens is 1. The largest absolute Gasteiger partial charge is 0.527 e. The smallest absolute Gasteiger partial charge is 0.494 e. The second kappa shape index (κ2) is 11.4. The number of aromatic nitrogens is 3. The highest BCUT2D eigenvalue weighted by Gasteiger charge is 2.28. The molecule has 0 unspecified atom stereocenters. The van der Waals surface area contributed by atoms with Crippen LogP contribution in [0.3, 0.4) is 0 Å². The molecule has 12 heteroatoms. The summed E-state index contributed by atoms with van der Waals surface area (Å²) in [6, 6.07) is 2.76. The quantitative estimate of drug-likeness (QED) is 0.384. The van der Waals surface area contributed by atoms with Crippen molar-refractivity contribution in [2.45, 2.75) is 45.6 Å². The van der Waals surface area contributed by atoms with Gasteiger partial charge in [-0.3, -0.25) is 4.79 Å². The molecule has 3 aromatic rings. The molecular weight excluding hydrogens is 509 g/mol. The first kappa shape index (κ1) is 26.7. The Hall–Kier alpha value is -3.93. The van der Waals surface area contributed by atoms with Gasteiger partial charge in [-0.25, -0.2) is 19.2 Å². The number of rotatable bonds is 9. The average Bonchev–Trinajstić information content (AvgIpc) is 3.68. The molecule has 2 fully saturated rings. The second-order valence-electron chi connectivity index (χ2n) is 9.76. The number of aryl methyl sites for hydroxylation is 1. The molecule has 5 rings (SSSR count). The number of aromatic amines is 1. The molecule has 1 saturated heterocycles. The van der Waals surface area contributed by atoms with Crippen molar-refractivity contribution < 1.29 is 33.0 Å². The van der Waals surface area contributed by atoms with Gasteiger partial charge in [-0.2, -0.15) is 0 Å². The van der Waals surface area contributed by atoms with Gasteiger partial charge < -0.3 is 29.3 Å². The number of carbonyl (C=O) groups is 2. The number of methoxy groups -OCH3 is 1. The summed E-state index contributed by atoms with van der Waals surface area (Å²) in [5.74, 6) is 0.203. The summed E-state index contributed by atoms with van der Waals surface area (Å²) in [6.07, 6.45) is 4.04. The number of piperidine rings is 1. The summed E-state index contributed by atoms with van der Waals surface area (Å²) >= 11 is 0. The van der Waals surface area contributed by atoms with Gasteiger partial charge in [0.25, 0.3) is 5.91 Å². The molecule has 1 amide bonds. The van der Waals surface area contributed by atoms with Crippen LogP contribution in [-0.4, -0.2) is 71.5 Å². The molecule has 0 radical (unpaired) electrons. The summed E-state index contributed by atoms with van der Waals surface area (Å²) in [4.78, 5) is 42.1. The number of nitrogens with zero attached hydrogens (tertiary/aromatic N) is 3. The molecule has 2 aromatic heterocycles. The van der Waals surface area contributed by atoms with Gasteiger partial charge >= 0.3 is 6.16 Å². The van der Waals surface area contributed by atoms with Crippen LogP contribution in [0.2, 0.25) is 0 Å². The maximum atomic E-state index is 14.8. The molecule has 3 heterocycles. The topological polar surface area (TPSA) is 128 Å². The third-order valence-corrected chi connectivity index (χ3v) is 6.93. The fourth-order valence-electron chi connectivity index (χ4n) is 4.69. The minimum atomic E-state index is -0.734. The molecule has 208 valence electrons. The Bertz CT molecular complexity index is 1370. The molecular formula is C27H32FN5O6. The van der Waals surface area contributed by atoms with E-state index >= 15 is 0 Å². The third kappa shape index (κ3) is 5.90. The van der Waals surface area contributed by atoms with Crippen molar-refractivity contribution in [1.29, 1.82) is 0 Å². The molecule has 1 aliphatic carbocycles. The van der Waals surface area contributed by atoms with E-state index in [0.29, 0.717) is 77.8 Å². The van der Waals surface area contributed by atoms with Crippen molar-refractivity contribution in [1.82, 2.24) is 25.3 Å². The summed E-state index contributed by atoms with van der Waals surface area (Å²) < 4.78 is 30.8. The van der Waals surface area contributed by atoms with E-state index < -0.39 is 12.0 Å². The lowest BCUT2D eigenvalue weighted by atomic mass is 10.0. The van der Waals surface area contributed by atoms with Crippen LogP contribution in [0.1, 0.15) is 48.7 Å². The van der Waals surface area contributed by atoms with E-state index in [-0.39, 0.29) is 24.3 Å². The molecule has 0 spiro atoms. The average molecular weight is 542 g/mol. The fourth-order valence-corrected chi connectivity index (χ4v) is 4.69. The summed E-state index contributed by atoms with van der Waals surface area (Å²) in [5, 5.41) is 4.60. The number of halogens is 1. The Labute approximate surface area is 224 Å². The Morgan fingerprint density at radius 2 is 1.92 bits per heavy atom. The zero-order valence-corrected chi connectivity index (χ0v) is 22.2. The molecule has 1 aromatic carbocycles. The minimum absolute atomic E-state index is 0.0799. The molecule has 0 bridgehead atoms. The van der Waals surface area contributed by atoms with Gasteiger partial charge in [0.2, 0.25) is 0 Å². The number of hydrogen-bond donors (Lipinski definition) is 2. The molecule has 11 nitrogen and oxygen atoms in total. The number of carbonyl (C=O) groups excluding carboxylic acids is 2. The first-order valence-electron chi connectivity index (χ1n) is 13.1. The maximum absolute atomic E-state index is 14.8. The number of amides is 1. The Kier molecular flexibility index (Phi) is 7.82. The van der Waals surface area contributed by atoms with E-state index in [9.17, 15) is 14.0 Å². The van der Waals surface area contributed by atoms with Gasteiger partial charge in [0.15, 0.2) is 11.6 Å². The van der Waals surface area contributed by atoms with Crippen molar-refractivity contribution in [3.63, 3.8) is 0 Å². The van der Waals surface area contributed by atoms with E-state index in [1.165, 1.54) is 30.6 Å². The van der Waals surface area contributed by atoms with Crippen LogP contribution >= 0.6 is 0 Å². The molecule has 1 saturated carbocycles. The van der Waals surface area contributed by atoms with Gasteiger partial charge in [-0.1, -0.05) is 0 Å². The lowest BCUT2D eigenvalue weighted by Gasteiger charge is -2.30. The fraction of sp³-hybridized carbons (Fsp3) is 0.481. The molecule has 2 N–H and O–H groups in total. The number of nitrogens with one attached hydrogen (secondary N) is 2. The summed E-state index contributed by atoms with van der Waals surface area (Å²) in [6.45, 7) is 5.20. The second-order valence-corrected chi connectivity index (χ2v) is 9.76. The highest BCUT2D eigenvalue weighted by atomic mass is 19.1. The van der Waals surface area contributed by atoms with Crippen LogP contribution < -0.4 is 14.8 Å². The van der Waals surface area contributed by atoms with Crippen molar-refractivity contribution >= 4 is 23.1 Å². The van der Waals surface area contributed by atoms with Gasteiger partial charge in [-0.15, -0.1) is 5.06 Å².